The Morgan fingerprint density at radius 2 is 1.75 bits per heavy atom. The zero-order chi connectivity index (χ0) is 19.5. The van der Waals surface area contributed by atoms with Gasteiger partial charge in [0.05, 0.1) is 30.4 Å². The second-order valence-corrected chi connectivity index (χ2v) is 6.37. The first-order valence-corrected chi connectivity index (χ1v) is 8.93. The number of rotatable bonds is 5. The topological polar surface area (TPSA) is 69.2 Å². The van der Waals surface area contributed by atoms with Crippen molar-refractivity contribution in [1.82, 2.24) is 15.0 Å². The van der Waals surface area contributed by atoms with Crippen molar-refractivity contribution >= 4 is 34.0 Å². The lowest BCUT2D eigenvalue weighted by Crippen LogP contribution is -2.01. The molecule has 6 nitrogen and oxygen atoms in total. The number of methoxy groups -OCH3 is 2. The smallest absolute Gasteiger partial charge is 0.163 e. The quantitative estimate of drug-likeness (QED) is 0.509. The highest BCUT2D eigenvalue weighted by Gasteiger charge is 2.14. The molecule has 0 unspecified atom stereocenters. The number of para-hydroxylation sites is 1. The minimum atomic E-state index is 0.466. The summed E-state index contributed by atoms with van der Waals surface area (Å²) in [5.41, 5.74) is 2.33. The van der Waals surface area contributed by atoms with Crippen LogP contribution in [-0.2, 0) is 0 Å². The van der Waals surface area contributed by atoms with Gasteiger partial charge in [-0.25, -0.2) is 9.97 Å². The normalized spacial score (nSPS) is 10.7. The molecule has 0 spiro atoms. The molecule has 0 bridgehead atoms. The molecule has 0 amide bonds. The number of pyridine rings is 1. The molecule has 28 heavy (non-hydrogen) atoms. The first-order chi connectivity index (χ1) is 13.7. The molecule has 0 atom stereocenters. The lowest BCUT2D eigenvalue weighted by Gasteiger charge is -2.15. The molecule has 0 saturated carbocycles. The summed E-state index contributed by atoms with van der Waals surface area (Å²) in [6.07, 6.45) is 3.45. The number of fused-ring (bicyclic) bond motifs is 1. The fourth-order valence-corrected chi connectivity index (χ4v) is 3.11. The van der Waals surface area contributed by atoms with E-state index in [0.717, 1.165) is 16.5 Å². The molecule has 4 rings (SSSR count). The van der Waals surface area contributed by atoms with E-state index in [0.29, 0.717) is 33.9 Å². The second-order valence-electron chi connectivity index (χ2n) is 5.97. The number of nitrogens with one attached hydrogen (secondary N) is 1. The molecule has 2 heterocycles. The molecule has 140 valence electrons. The van der Waals surface area contributed by atoms with E-state index >= 15 is 0 Å². The Morgan fingerprint density at radius 1 is 0.929 bits per heavy atom. The average molecular weight is 393 g/mol. The Labute approximate surface area is 167 Å². The van der Waals surface area contributed by atoms with Crippen molar-refractivity contribution in [2.24, 2.45) is 0 Å². The molecule has 0 aliphatic carbocycles. The maximum atomic E-state index is 6.22. The third kappa shape index (κ3) is 3.42. The Morgan fingerprint density at radius 3 is 2.50 bits per heavy atom. The molecule has 4 aromatic rings. The summed E-state index contributed by atoms with van der Waals surface area (Å²) < 4.78 is 10.8. The number of anilines is 2. The van der Waals surface area contributed by atoms with E-state index in [4.69, 9.17) is 26.1 Å². The van der Waals surface area contributed by atoms with Crippen LogP contribution in [0.2, 0.25) is 5.02 Å². The maximum Gasteiger partial charge on any atom is 0.163 e. The van der Waals surface area contributed by atoms with Crippen LogP contribution >= 0.6 is 11.6 Å². The van der Waals surface area contributed by atoms with E-state index in [1.807, 2.05) is 36.4 Å². The van der Waals surface area contributed by atoms with Gasteiger partial charge < -0.3 is 14.8 Å². The van der Waals surface area contributed by atoms with E-state index in [1.165, 1.54) is 0 Å². The molecule has 0 fully saturated rings. The highest BCUT2D eigenvalue weighted by molar-refractivity contribution is 6.32. The minimum Gasteiger partial charge on any atom is -0.495 e. The van der Waals surface area contributed by atoms with Crippen LogP contribution in [0.5, 0.6) is 11.5 Å². The van der Waals surface area contributed by atoms with Crippen LogP contribution in [-0.4, -0.2) is 29.2 Å². The molecular weight excluding hydrogens is 376 g/mol. The number of benzene rings is 2. The van der Waals surface area contributed by atoms with Crippen molar-refractivity contribution in [3.05, 3.63) is 65.9 Å². The molecular formula is C21H17ClN4O2. The molecule has 2 aromatic heterocycles. The standard InChI is InChI=1S/C21H17ClN4O2/c1-27-18-11-17(19(28-2)10-15(18)22)25-21-14-7-3-4-8-16(14)24-20(26-21)13-6-5-9-23-12-13/h3-12H,1-2H3,(H,24,25,26). The van der Waals surface area contributed by atoms with E-state index in [2.05, 4.69) is 15.3 Å². The Bertz CT molecular complexity index is 1140. The van der Waals surface area contributed by atoms with Crippen molar-refractivity contribution in [2.75, 3.05) is 19.5 Å². The molecule has 0 aliphatic rings. The van der Waals surface area contributed by atoms with E-state index in [9.17, 15) is 0 Å². The number of nitrogens with zero attached hydrogens (tertiary/aromatic N) is 3. The van der Waals surface area contributed by atoms with Crippen LogP contribution in [0.15, 0.2) is 60.9 Å². The van der Waals surface area contributed by atoms with Crippen molar-refractivity contribution in [3.63, 3.8) is 0 Å². The lowest BCUT2D eigenvalue weighted by atomic mass is 10.2. The largest absolute Gasteiger partial charge is 0.495 e. The SMILES string of the molecule is COc1cc(Nc2nc(-c3cccnc3)nc3ccccc23)c(OC)cc1Cl. The highest BCUT2D eigenvalue weighted by Crippen LogP contribution is 2.38. The zero-order valence-corrected chi connectivity index (χ0v) is 16.1. The number of hydrogen-bond acceptors (Lipinski definition) is 6. The number of halogens is 1. The highest BCUT2D eigenvalue weighted by atomic mass is 35.5. The van der Waals surface area contributed by atoms with Crippen molar-refractivity contribution in [1.29, 1.82) is 0 Å². The maximum absolute atomic E-state index is 6.22. The van der Waals surface area contributed by atoms with Crippen molar-refractivity contribution in [2.45, 2.75) is 0 Å². The molecule has 1 N–H and O–H groups in total. The van der Waals surface area contributed by atoms with Crippen LogP contribution in [0.1, 0.15) is 0 Å². The number of hydrogen-bond donors (Lipinski definition) is 1. The Kier molecular flexibility index (Phi) is 4.95. The van der Waals surface area contributed by atoms with E-state index < -0.39 is 0 Å². The summed E-state index contributed by atoms with van der Waals surface area (Å²) in [5.74, 6) is 2.34. The lowest BCUT2D eigenvalue weighted by molar-refractivity contribution is 0.405. The van der Waals surface area contributed by atoms with Crippen LogP contribution in [0.4, 0.5) is 11.5 Å². The number of ether oxygens (including phenoxy) is 2. The fourth-order valence-electron chi connectivity index (χ4n) is 2.88. The summed E-state index contributed by atoms with van der Waals surface area (Å²) in [7, 11) is 3.15. The first-order valence-electron chi connectivity index (χ1n) is 8.55. The van der Waals surface area contributed by atoms with Gasteiger partial charge in [-0.3, -0.25) is 4.98 Å². The third-order valence-corrected chi connectivity index (χ3v) is 4.55. The first kappa shape index (κ1) is 18.0. The van der Waals surface area contributed by atoms with Crippen LogP contribution in [0, 0.1) is 0 Å². The fraction of sp³-hybridized carbons (Fsp3) is 0.0952. The second kappa shape index (κ2) is 7.70. The van der Waals surface area contributed by atoms with Gasteiger partial charge in [-0.15, -0.1) is 0 Å². The molecule has 7 heteroatoms. The van der Waals surface area contributed by atoms with Gasteiger partial charge in [0, 0.05) is 35.5 Å². The minimum absolute atomic E-state index is 0.466. The monoisotopic (exact) mass is 392 g/mol. The van der Waals surface area contributed by atoms with Gasteiger partial charge in [-0.2, -0.15) is 0 Å². The van der Waals surface area contributed by atoms with Crippen LogP contribution in [0.25, 0.3) is 22.3 Å². The summed E-state index contributed by atoms with van der Waals surface area (Å²) >= 11 is 6.22. The zero-order valence-electron chi connectivity index (χ0n) is 15.3. The van der Waals surface area contributed by atoms with Gasteiger partial charge in [0.1, 0.15) is 17.3 Å². The Balaban J connectivity index is 1.87. The predicted molar refractivity (Wildman–Crippen MR) is 111 cm³/mol. The van der Waals surface area contributed by atoms with Crippen LogP contribution < -0.4 is 14.8 Å². The molecule has 2 aromatic carbocycles. The molecule has 0 aliphatic heterocycles. The van der Waals surface area contributed by atoms with Gasteiger partial charge in [-0.05, 0) is 24.3 Å². The van der Waals surface area contributed by atoms with Gasteiger partial charge in [0.25, 0.3) is 0 Å². The Hall–Kier alpha value is -3.38. The van der Waals surface area contributed by atoms with E-state index in [1.54, 1.807) is 38.7 Å². The number of aromatic nitrogens is 3. The van der Waals surface area contributed by atoms with Crippen molar-refractivity contribution < 1.29 is 9.47 Å². The van der Waals surface area contributed by atoms with E-state index in [-0.39, 0.29) is 0 Å². The van der Waals surface area contributed by atoms with Crippen LogP contribution in [0.3, 0.4) is 0 Å². The summed E-state index contributed by atoms with van der Waals surface area (Å²) in [5, 5.41) is 4.69. The molecule has 0 radical (unpaired) electrons. The summed E-state index contributed by atoms with van der Waals surface area (Å²) in [6.45, 7) is 0. The average Bonchev–Trinajstić information content (AvgIpc) is 2.75. The predicted octanol–water partition coefficient (Wildman–Crippen LogP) is 5.11. The van der Waals surface area contributed by atoms with Gasteiger partial charge in [0.2, 0.25) is 0 Å². The van der Waals surface area contributed by atoms with Gasteiger partial charge in [-0.1, -0.05) is 23.7 Å². The van der Waals surface area contributed by atoms with Gasteiger partial charge in [0.15, 0.2) is 5.82 Å². The summed E-state index contributed by atoms with van der Waals surface area (Å²) in [6, 6.07) is 15.1. The molecule has 0 saturated heterocycles. The summed E-state index contributed by atoms with van der Waals surface area (Å²) in [4.78, 5) is 13.6. The van der Waals surface area contributed by atoms with Crippen molar-refractivity contribution in [3.8, 4) is 22.9 Å². The third-order valence-electron chi connectivity index (χ3n) is 4.25. The van der Waals surface area contributed by atoms with Gasteiger partial charge >= 0.3 is 0 Å².